The van der Waals surface area contributed by atoms with Crippen molar-refractivity contribution in [2.75, 3.05) is 0 Å². The van der Waals surface area contributed by atoms with Crippen LogP contribution >= 0.6 is 23.2 Å². The van der Waals surface area contributed by atoms with Crippen molar-refractivity contribution in [3.63, 3.8) is 0 Å². The number of benzene rings is 2. The maximum atomic E-state index is 12.7. The van der Waals surface area contributed by atoms with Crippen LogP contribution in [0.25, 0.3) is 6.08 Å². The van der Waals surface area contributed by atoms with Gasteiger partial charge in [0.2, 0.25) is 11.5 Å². The van der Waals surface area contributed by atoms with Crippen LogP contribution in [0.4, 0.5) is 0 Å². The third kappa shape index (κ3) is 3.30. The van der Waals surface area contributed by atoms with Crippen LogP contribution in [0.1, 0.15) is 32.0 Å². The van der Waals surface area contributed by atoms with E-state index in [0.29, 0.717) is 32.5 Å². The number of esters is 1. The Balaban J connectivity index is 1.63. The first-order valence-electron chi connectivity index (χ1n) is 8.22. The largest absolute Gasteiger partial charge is 0.457 e. The number of Topliss-reactive ketones (excluding diaryl/α,β-unsaturated/α-hetero) is 1. The number of ketones is 1. The number of furan rings is 1. The Morgan fingerprint density at radius 2 is 1.93 bits per heavy atom. The van der Waals surface area contributed by atoms with Crippen molar-refractivity contribution in [3.8, 4) is 11.5 Å². The lowest BCUT2D eigenvalue weighted by Gasteiger charge is -2.09. The second-order valence-corrected chi connectivity index (χ2v) is 6.86. The molecule has 0 spiro atoms. The fraction of sp³-hybridized carbons (Fsp3) is 0.0476. The van der Waals surface area contributed by atoms with Gasteiger partial charge in [0.15, 0.2) is 5.76 Å². The van der Waals surface area contributed by atoms with Crippen molar-refractivity contribution in [3.05, 3.63) is 87.0 Å². The summed E-state index contributed by atoms with van der Waals surface area (Å²) >= 11 is 11.9. The van der Waals surface area contributed by atoms with Gasteiger partial charge in [-0.15, -0.1) is 0 Å². The molecule has 140 valence electrons. The molecule has 0 amide bonds. The molecular formula is C21H12Cl2O5. The van der Waals surface area contributed by atoms with Crippen LogP contribution in [0, 0.1) is 6.92 Å². The normalized spacial score (nSPS) is 14.1. The summed E-state index contributed by atoms with van der Waals surface area (Å²) in [6, 6.07) is 11.2. The summed E-state index contributed by atoms with van der Waals surface area (Å²) in [7, 11) is 0. The zero-order chi connectivity index (χ0) is 19.8. The Bertz CT molecular complexity index is 1130. The Hall–Kier alpha value is -3.02. The van der Waals surface area contributed by atoms with Crippen LogP contribution in [0.3, 0.4) is 0 Å². The number of carbonyl (C=O) groups excluding carboxylic acids is 2. The number of hydrogen-bond acceptors (Lipinski definition) is 5. The molecule has 0 fully saturated rings. The summed E-state index contributed by atoms with van der Waals surface area (Å²) in [5.41, 5.74) is 1.59. The molecule has 5 nitrogen and oxygen atoms in total. The highest BCUT2D eigenvalue weighted by Crippen LogP contribution is 2.39. The van der Waals surface area contributed by atoms with Crippen LogP contribution in [0.5, 0.6) is 11.5 Å². The second kappa shape index (κ2) is 7.19. The highest BCUT2D eigenvalue weighted by molar-refractivity contribution is 6.42. The monoisotopic (exact) mass is 414 g/mol. The molecule has 0 saturated carbocycles. The highest BCUT2D eigenvalue weighted by atomic mass is 35.5. The molecule has 1 aromatic heterocycles. The third-order valence-corrected chi connectivity index (χ3v) is 4.94. The minimum absolute atomic E-state index is 0.0806. The van der Waals surface area contributed by atoms with Gasteiger partial charge in [-0.25, -0.2) is 4.79 Å². The number of halogens is 2. The zero-order valence-electron chi connectivity index (χ0n) is 14.5. The van der Waals surface area contributed by atoms with Crippen LogP contribution < -0.4 is 9.47 Å². The average Bonchev–Trinajstić information content (AvgIpc) is 3.31. The summed E-state index contributed by atoms with van der Waals surface area (Å²) in [4.78, 5) is 24.7. The SMILES string of the molecule is Cc1c(OC(=O)c2ccco2)ccc2c1O/C(=C\c1ccc(Cl)c(Cl)c1)C2=O. The van der Waals surface area contributed by atoms with Gasteiger partial charge in [0, 0.05) is 5.56 Å². The summed E-state index contributed by atoms with van der Waals surface area (Å²) in [5, 5.41) is 0.798. The maximum absolute atomic E-state index is 12.7. The number of carbonyl (C=O) groups is 2. The van der Waals surface area contributed by atoms with E-state index in [1.54, 1.807) is 49.4 Å². The van der Waals surface area contributed by atoms with Gasteiger partial charge in [0.25, 0.3) is 0 Å². The van der Waals surface area contributed by atoms with Crippen molar-refractivity contribution in [2.24, 2.45) is 0 Å². The van der Waals surface area contributed by atoms with Crippen molar-refractivity contribution in [1.29, 1.82) is 0 Å². The Morgan fingerprint density at radius 3 is 2.64 bits per heavy atom. The summed E-state index contributed by atoms with van der Waals surface area (Å²) in [5.74, 6) is -0.0510. The van der Waals surface area contributed by atoms with Gasteiger partial charge in [-0.1, -0.05) is 29.3 Å². The molecule has 0 atom stereocenters. The fourth-order valence-electron chi connectivity index (χ4n) is 2.78. The van der Waals surface area contributed by atoms with E-state index in [2.05, 4.69) is 0 Å². The molecule has 1 aliphatic heterocycles. The predicted molar refractivity (Wildman–Crippen MR) is 104 cm³/mol. The molecule has 0 aliphatic carbocycles. The molecule has 0 unspecified atom stereocenters. The quantitative estimate of drug-likeness (QED) is 0.311. The van der Waals surface area contributed by atoms with Crippen molar-refractivity contribution in [2.45, 2.75) is 6.92 Å². The number of hydrogen-bond donors (Lipinski definition) is 0. The minimum atomic E-state index is -0.635. The van der Waals surface area contributed by atoms with Crippen LogP contribution in [-0.4, -0.2) is 11.8 Å². The van der Waals surface area contributed by atoms with Gasteiger partial charge in [-0.05, 0) is 55.0 Å². The molecular weight excluding hydrogens is 403 g/mol. The predicted octanol–water partition coefficient (Wildman–Crippen LogP) is 5.73. The Labute approximate surface area is 170 Å². The summed E-state index contributed by atoms with van der Waals surface area (Å²) in [6.07, 6.45) is 2.96. The van der Waals surface area contributed by atoms with E-state index >= 15 is 0 Å². The van der Waals surface area contributed by atoms with Crippen molar-refractivity contribution in [1.82, 2.24) is 0 Å². The van der Waals surface area contributed by atoms with Gasteiger partial charge in [-0.2, -0.15) is 0 Å². The summed E-state index contributed by atoms with van der Waals surface area (Å²) in [6.45, 7) is 1.71. The van der Waals surface area contributed by atoms with E-state index in [1.165, 1.54) is 12.3 Å². The number of fused-ring (bicyclic) bond motifs is 1. The molecule has 2 aromatic carbocycles. The van der Waals surface area contributed by atoms with Gasteiger partial charge in [-0.3, -0.25) is 4.79 Å². The van der Waals surface area contributed by atoms with Gasteiger partial charge in [0.05, 0.1) is 21.9 Å². The molecule has 7 heteroatoms. The second-order valence-electron chi connectivity index (χ2n) is 6.05. The van der Waals surface area contributed by atoms with Crippen LogP contribution in [0.2, 0.25) is 10.0 Å². The van der Waals surface area contributed by atoms with Gasteiger partial charge in [0.1, 0.15) is 11.5 Å². The Morgan fingerprint density at radius 1 is 1.11 bits per heavy atom. The molecule has 2 heterocycles. The number of allylic oxidation sites excluding steroid dienone is 1. The van der Waals surface area contributed by atoms with Crippen molar-refractivity contribution >= 4 is 41.0 Å². The number of rotatable bonds is 3. The number of ether oxygens (including phenoxy) is 2. The van der Waals surface area contributed by atoms with E-state index in [0.717, 1.165) is 0 Å². The third-order valence-electron chi connectivity index (χ3n) is 4.20. The molecule has 28 heavy (non-hydrogen) atoms. The van der Waals surface area contributed by atoms with E-state index in [1.807, 2.05) is 0 Å². The van der Waals surface area contributed by atoms with Crippen molar-refractivity contribution < 1.29 is 23.5 Å². The molecule has 3 aromatic rings. The average molecular weight is 415 g/mol. The smallest absolute Gasteiger partial charge is 0.379 e. The lowest BCUT2D eigenvalue weighted by Crippen LogP contribution is -2.08. The molecule has 0 saturated heterocycles. The van der Waals surface area contributed by atoms with E-state index in [9.17, 15) is 9.59 Å². The van der Waals surface area contributed by atoms with E-state index < -0.39 is 5.97 Å². The topological polar surface area (TPSA) is 65.7 Å². The van der Waals surface area contributed by atoms with E-state index in [4.69, 9.17) is 37.1 Å². The first-order chi connectivity index (χ1) is 13.4. The highest BCUT2D eigenvalue weighted by Gasteiger charge is 2.30. The molecule has 1 aliphatic rings. The first kappa shape index (κ1) is 18.3. The summed E-state index contributed by atoms with van der Waals surface area (Å²) < 4.78 is 16.1. The van der Waals surface area contributed by atoms with Gasteiger partial charge < -0.3 is 13.9 Å². The molecule has 0 N–H and O–H groups in total. The van der Waals surface area contributed by atoms with E-state index in [-0.39, 0.29) is 23.1 Å². The Kier molecular flexibility index (Phi) is 4.71. The fourth-order valence-corrected chi connectivity index (χ4v) is 3.08. The van der Waals surface area contributed by atoms with Gasteiger partial charge >= 0.3 is 5.97 Å². The maximum Gasteiger partial charge on any atom is 0.379 e. The van der Waals surface area contributed by atoms with Crippen LogP contribution in [0.15, 0.2) is 58.9 Å². The lowest BCUT2D eigenvalue weighted by molar-refractivity contribution is 0.0700. The zero-order valence-corrected chi connectivity index (χ0v) is 16.0. The van der Waals surface area contributed by atoms with Crippen LogP contribution in [-0.2, 0) is 0 Å². The first-order valence-corrected chi connectivity index (χ1v) is 8.98. The molecule has 0 bridgehead atoms. The molecule has 0 radical (unpaired) electrons. The molecule has 4 rings (SSSR count). The lowest BCUT2D eigenvalue weighted by atomic mass is 10.1. The minimum Gasteiger partial charge on any atom is -0.457 e. The standard InChI is InChI=1S/C21H12Cl2O5/c1-11-16(28-21(25)17-3-2-8-26-17)7-5-13-19(24)18(27-20(11)13)10-12-4-6-14(22)15(23)9-12/h2-10H,1H3/b18-10-.